The number of rotatable bonds is 5. The highest BCUT2D eigenvalue weighted by Crippen LogP contribution is 2.39. The predicted molar refractivity (Wildman–Crippen MR) is 70.7 cm³/mol. The van der Waals surface area contributed by atoms with E-state index in [-0.39, 0.29) is 5.92 Å². The van der Waals surface area contributed by atoms with E-state index in [9.17, 15) is 4.79 Å². The van der Waals surface area contributed by atoms with Crippen LogP contribution >= 0.6 is 11.8 Å². The monoisotopic (exact) mass is 251 g/mol. The van der Waals surface area contributed by atoms with Crippen molar-refractivity contribution in [1.29, 1.82) is 0 Å². The molecule has 1 aromatic carbocycles. The van der Waals surface area contributed by atoms with Crippen LogP contribution in [0.2, 0.25) is 0 Å². The molecule has 0 amide bonds. The Balaban J connectivity index is 1.91. The SMILES string of the molecule is CSc1ccc(N(C)CC2CC2C(=O)O)cc1. The molecule has 0 aliphatic heterocycles. The highest BCUT2D eigenvalue weighted by Gasteiger charge is 2.43. The fourth-order valence-corrected chi connectivity index (χ4v) is 2.45. The smallest absolute Gasteiger partial charge is 0.306 e. The van der Waals surface area contributed by atoms with Crippen molar-refractivity contribution in [2.24, 2.45) is 11.8 Å². The van der Waals surface area contributed by atoms with Crippen LogP contribution in [0.25, 0.3) is 0 Å². The van der Waals surface area contributed by atoms with Crippen molar-refractivity contribution in [3.8, 4) is 0 Å². The van der Waals surface area contributed by atoms with Crippen LogP contribution in [0.5, 0.6) is 0 Å². The molecule has 2 unspecified atom stereocenters. The third kappa shape index (κ3) is 2.94. The van der Waals surface area contributed by atoms with E-state index in [0.29, 0.717) is 5.92 Å². The Morgan fingerprint density at radius 2 is 2.12 bits per heavy atom. The van der Waals surface area contributed by atoms with Crippen LogP contribution in [-0.2, 0) is 4.79 Å². The second kappa shape index (κ2) is 5.00. The van der Waals surface area contributed by atoms with Gasteiger partial charge in [-0.15, -0.1) is 11.8 Å². The summed E-state index contributed by atoms with van der Waals surface area (Å²) in [4.78, 5) is 14.1. The summed E-state index contributed by atoms with van der Waals surface area (Å²) in [5.74, 6) is -0.457. The standard InChI is InChI=1S/C13H17NO2S/c1-14(8-9-7-12(9)13(15)16)10-3-5-11(17-2)6-4-10/h3-6,9,12H,7-8H2,1-2H3,(H,15,16). The van der Waals surface area contributed by atoms with Gasteiger partial charge in [0, 0.05) is 24.2 Å². The maximum Gasteiger partial charge on any atom is 0.306 e. The highest BCUT2D eigenvalue weighted by atomic mass is 32.2. The van der Waals surface area contributed by atoms with Gasteiger partial charge in [-0.05, 0) is 42.9 Å². The lowest BCUT2D eigenvalue weighted by Gasteiger charge is -2.19. The van der Waals surface area contributed by atoms with Crippen molar-refractivity contribution in [3.63, 3.8) is 0 Å². The molecule has 2 rings (SSSR count). The van der Waals surface area contributed by atoms with E-state index in [4.69, 9.17) is 5.11 Å². The van der Waals surface area contributed by atoms with Crippen LogP contribution in [0, 0.1) is 11.8 Å². The summed E-state index contributed by atoms with van der Waals surface area (Å²) in [6.45, 7) is 0.829. The Kier molecular flexibility index (Phi) is 3.62. The largest absolute Gasteiger partial charge is 0.481 e. The van der Waals surface area contributed by atoms with E-state index < -0.39 is 5.97 Å². The second-order valence-corrected chi connectivity index (χ2v) is 5.40. The average molecular weight is 251 g/mol. The zero-order valence-electron chi connectivity index (χ0n) is 10.1. The number of aliphatic carboxylic acids is 1. The van der Waals surface area contributed by atoms with Crippen LogP contribution < -0.4 is 4.90 Å². The average Bonchev–Trinajstić information content (AvgIpc) is 3.08. The lowest BCUT2D eigenvalue weighted by atomic mass is 10.2. The molecule has 1 N–H and O–H groups in total. The lowest BCUT2D eigenvalue weighted by Crippen LogP contribution is -2.21. The number of thioether (sulfide) groups is 1. The highest BCUT2D eigenvalue weighted by molar-refractivity contribution is 7.98. The normalized spacial score (nSPS) is 22.2. The van der Waals surface area contributed by atoms with Gasteiger partial charge in [0.2, 0.25) is 0 Å². The summed E-state index contributed by atoms with van der Waals surface area (Å²) in [6.07, 6.45) is 2.88. The fourth-order valence-electron chi connectivity index (χ4n) is 2.05. The summed E-state index contributed by atoms with van der Waals surface area (Å²) in [5, 5.41) is 8.85. The molecule has 1 fully saturated rings. The van der Waals surface area contributed by atoms with Crippen LogP contribution in [0.15, 0.2) is 29.2 Å². The molecular formula is C13H17NO2S. The Bertz CT molecular complexity index is 404. The number of carboxylic acid groups (broad SMARTS) is 1. The number of nitrogens with zero attached hydrogens (tertiary/aromatic N) is 1. The minimum absolute atomic E-state index is 0.122. The van der Waals surface area contributed by atoms with Gasteiger partial charge in [-0.3, -0.25) is 4.79 Å². The second-order valence-electron chi connectivity index (χ2n) is 4.52. The van der Waals surface area contributed by atoms with Gasteiger partial charge in [-0.2, -0.15) is 0 Å². The number of benzene rings is 1. The third-order valence-corrected chi connectivity index (χ3v) is 4.00. The summed E-state index contributed by atoms with van der Waals surface area (Å²) in [5.41, 5.74) is 1.15. The van der Waals surface area contributed by atoms with Crippen molar-refractivity contribution < 1.29 is 9.90 Å². The van der Waals surface area contributed by atoms with Gasteiger partial charge in [0.15, 0.2) is 0 Å². The zero-order chi connectivity index (χ0) is 12.4. The molecule has 2 atom stereocenters. The first-order valence-corrected chi connectivity index (χ1v) is 6.92. The molecular weight excluding hydrogens is 234 g/mol. The topological polar surface area (TPSA) is 40.5 Å². The summed E-state index contributed by atoms with van der Waals surface area (Å²) < 4.78 is 0. The van der Waals surface area contributed by atoms with Crippen molar-refractivity contribution in [1.82, 2.24) is 0 Å². The first-order valence-electron chi connectivity index (χ1n) is 5.70. The minimum Gasteiger partial charge on any atom is -0.481 e. The van der Waals surface area contributed by atoms with E-state index in [0.717, 1.165) is 18.7 Å². The molecule has 1 aliphatic rings. The van der Waals surface area contributed by atoms with Gasteiger partial charge in [0.1, 0.15) is 0 Å². The van der Waals surface area contributed by atoms with Gasteiger partial charge in [0.25, 0.3) is 0 Å². The molecule has 1 saturated carbocycles. The molecule has 0 bridgehead atoms. The molecule has 0 radical (unpaired) electrons. The van der Waals surface area contributed by atoms with Gasteiger partial charge >= 0.3 is 5.97 Å². The molecule has 1 aliphatic carbocycles. The first-order chi connectivity index (χ1) is 8.11. The number of carbonyl (C=O) groups is 1. The van der Waals surface area contributed by atoms with Crippen molar-refractivity contribution in [2.75, 3.05) is 24.7 Å². The zero-order valence-corrected chi connectivity index (χ0v) is 10.9. The Labute approximate surface area is 106 Å². The van der Waals surface area contributed by atoms with E-state index in [1.54, 1.807) is 11.8 Å². The molecule has 0 spiro atoms. The number of hydrogen-bond acceptors (Lipinski definition) is 3. The minimum atomic E-state index is -0.652. The molecule has 0 saturated heterocycles. The van der Waals surface area contributed by atoms with E-state index >= 15 is 0 Å². The van der Waals surface area contributed by atoms with Crippen LogP contribution in [0.3, 0.4) is 0 Å². The molecule has 0 aromatic heterocycles. The van der Waals surface area contributed by atoms with Crippen molar-refractivity contribution in [2.45, 2.75) is 11.3 Å². The molecule has 92 valence electrons. The van der Waals surface area contributed by atoms with Gasteiger partial charge < -0.3 is 10.0 Å². The van der Waals surface area contributed by atoms with E-state index in [1.807, 2.05) is 7.05 Å². The number of anilines is 1. The predicted octanol–water partition coefficient (Wildman–Crippen LogP) is 2.57. The van der Waals surface area contributed by atoms with Crippen molar-refractivity contribution in [3.05, 3.63) is 24.3 Å². The quantitative estimate of drug-likeness (QED) is 0.817. The Hall–Kier alpha value is -1.16. The van der Waals surface area contributed by atoms with Gasteiger partial charge in [-0.1, -0.05) is 0 Å². The molecule has 4 heteroatoms. The number of hydrogen-bond donors (Lipinski definition) is 1. The lowest BCUT2D eigenvalue weighted by molar-refractivity contribution is -0.138. The van der Waals surface area contributed by atoms with Crippen LogP contribution in [0.4, 0.5) is 5.69 Å². The molecule has 1 aromatic rings. The number of carboxylic acids is 1. The third-order valence-electron chi connectivity index (χ3n) is 3.26. The van der Waals surface area contributed by atoms with Crippen molar-refractivity contribution >= 4 is 23.4 Å². The van der Waals surface area contributed by atoms with E-state index in [1.165, 1.54) is 4.90 Å². The molecule has 0 heterocycles. The van der Waals surface area contributed by atoms with Gasteiger partial charge in [0.05, 0.1) is 5.92 Å². The first kappa shape index (κ1) is 12.3. The molecule has 3 nitrogen and oxygen atoms in total. The molecule has 17 heavy (non-hydrogen) atoms. The van der Waals surface area contributed by atoms with E-state index in [2.05, 4.69) is 35.4 Å². The van der Waals surface area contributed by atoms with Crippen LogP contribution in [0.1, 0.15) is 6.42 Å². The van der Waals surface area contributed by atoms with Gasteiger partial charge in [-0.25, -0.2) is 0 Å². The maximum atomic E-state index is 10.8. The summed E-state index contributed by atoms with van der Waals surface area (Å²) in [6, 6.07) is 8.37. The fraction of sp³-hybridized carbons (Fsp3) is 0.462. The summed E-state index contributed by atoms with van der Waals surface area (Å²) in [7, 11) is 2.02. The Morgan fingerprint density at radius 1 is 1.47 bits per heavy atom. The van der Waals surface area contributed by atoms with Crippen LogP contribution in [-0.4, -0.2) is 30.9 Å². The Morgan fingerprint density at radius 3 is 2.59 bits per heavy atom. The summed E-state index contributed by atoms with van der Waals surface area (Å²) >= 11 is 1.72. The maximum absolute atomic E-state index is 10.8.